The Kier molecular flexibility index (Phi) is 3.58. The topological polar surface area (TPSA) is 59.3 Å². The van der Waals surface area contributed by atoms with Gasteiger partial charge in [-0.3, -0.25) is 4.79 Å². The van der Waals surface area contributed by atoms with Gasteiger partial charge in [0.15, 0.2) is 0 Å². The molecule has 0 aromatic carbocycles. The third-order valence-corrected chi connectivity index (χ3v) is 2.73. The molecule has 0 bridgehead atoms. The van der Waals surface area contributed by atoms with Gasteiger partial charge < -0.3 is 9.47 Å². The van der Waals surface area contributed by atoms with Crippen LogP contribution in [0.5, 0.6) is 0 Å². The van der Waals surface area contributed by atoms with Crippen molar-refractivity contribution in [2.45, 2.75) is 6.92 Å². The highest BCUT2D eigenvalue weighted by molar-refractivity contribution is 8.03. The Balaban J connectivity index is 2.32. The van der Waals surface area contributed by atoms with Gasteiger partial charge >= 0.3 is 5.97 Å². The maximum Gasteiger partial charge on any atom is 0.302 e. The number of thiocyanates is 1. The fourth-order valence-electron chi connectivity index (χ4n) is 1.04. The van der Waals surface area contributed by atoms with Gasteiger partial charge in [-0.05, 0) is 11.8 Å². The summed E-state index contributed by atoms with van der Waals surface area (Å²) in [6.45, 7) is 2.89. The number of hydrogen-bond acceptors (Lipinski definition) is 5. The number of carbonyl (C=O) groups is 1. The highest BCUT2D eigenvalue weighted by Crippen LogP contribution is 2.31. The maximum atomic E-state index is 10.6. The molecule has 13 heavy (non-hydrogen) atoms. The standard InChI is InChI=1S/C8H11NO3S/c1-7(10)12-4-8(2-11-3-8)5-13-6-9/h2-5H2,1H3. The van der Waals surface area contributed by atoms with Gasteiger partial charge in [-0.2, -0.15) is 5.26 Å². The second-order valence-corrected chi connectivity index (χ2v) is 3.91. The van der Waals surface area contributed by atoms with Gasteiger partial charge in [-0.15, -0.1) is 0 Å². The molecular weight excluding hydrogens is 190 g/mol. The number of ether oxygens (including phenoxy) is 2. The molecule has 4 nitrogen and oxygen atoms in total. The van der Waals surface area contributed by atoms with E-state index in [0.29, 0.717) is 25.6 Å². The Morgan fingerprint density at radius 1 is 1.77 bits per heavy atom. The van der Waals surface area contributed by atoms with Crippen molar-refractivity contribution in [2.24, 2.45) is 5.41 Å². The van der Waals surface area contributed by atoms with Crippen molar-refractivity contribution in [1.29, 1.82) is 5.26 Å². The Bertz CT molecular complexity index is 232. The molecule has 0 spiro atoms. The van der Waals surface area contributed by atoms with Gasteiger partial charge in [0.05, 0.1) is 18.6 Å². The van der Waals surface area contributed by atoms with Crippen LogP contribution < -0.4 is 0 Å². The maximum absolute atomic E-state index is 10.6. The summed E-state index contributed by atoms with van der Waals surface area (Å²) in [6.07, 6.45) is 0. The first-order valence-corrected chi connectivity index (χ1v) is 4.89. The van der Waals surface area contributed by atoms with Gasteiger partial charge in [0.2, 0.25) is 0 Å². The minimum absolute atomic E-state index is 0.119. The van der Waals surface area contributed by atoms with Crippen LogP contribution in [-0.4, -0.2) is 31.5 Å². The molecule has 0 amide bonds. The van der Waals surface area contributed by atoms with Crippen LogP contribution in [0, 0.1) is 16.1 Å². The summed E-state index contributed by atoms with van der Waals surface area (Å²) >= 11 is 1.18. The smallest absolute Gasteiger partial charge is 0.302 e. The fraction of sp³-hybridized carbons (Fsp3) is 0.750. The molecule has 1 saturated heterocycles. The van der Waals surface area contributed by atoms with E-state index >= 15 is 0 Å². The normalized spacial score (nSPS) is 18.5. The summed E-state index contributed by atoms with van der Waals surface area (Å²) < 4.78 is 9.96. The number of rotatable bonds is 4. The second-order valence-electron chi connectivity index (χ2n) is 3.15. The third-order valence-electron chi connectivity index (χ3n) is 1.84. The molecule has 0 atom stereocenters. The summed E-state index contributed by atoms with van der Waals surface area (Å²) in [5.74, 6) is 0.379. The molecule has 1 rings (SSSR count). The molecule has 0 aromatic rings. The summed E-state index contributed by atoms with van der Waals surface area (Å²) in [6, 6.07) is 0. The van der Waals surface area contributed by atoms with E-state index in [9.17, 15) is 4.79 Å². The zero-order valence-electron chi connectivity index (χ0n) is 7.41. The molecule has 0 N–H and O–H groups in total. The molecule has 72 valence electrons. The van der Waals surface area contributed by atoms with Crippen LogP contribution in [0.4, 0.5) is 0 Å². The quantitative estimate of drug-likeness (QED) is 0.497. The van der Waals surface area contributed by atoms with Gasteiger partial charge in [0.25, 0.3) is 0 Å². The molecule has 1 aliphatic rings. The van der Waals surface area contributed by atoms with E-state index in [-0.39, 0.29) is 11.4 Å². The Labute approximate surface area is 81.2 Å². The number of esters is 1. The van der Waals surface area contributed by atoms with Crippen LogP contribution in [0.25, 0.3) is 0 Å². The molecule has 5 heteroatoms. The molecule has 1 fully saturated rings. The van der Waals surface area contributed by atoms with Crippen LogP contribution in [0.3, 0.4) is 0 Å². The zero-order valence-corrected chi connectivity index (χ0v) is 8.23. The second kappa shape index (κ2) is 4.49. The Hall–Kier alpha value is -0.730. The highest BCUT2D eigenvalue weighted by Gasteiger charge is 2.39. The van der Waals surface area contributed by atoms with Crippen LogP contribution >= 0.6 is 11.8 Å². The van der Waals surface area contributed by atoms with Crippen LogP contribution in [0.2, 0.25) is 0 Å². The Morgan fingerprint density at radius 2 is 2.46 bits per heavy atom. The van der Waals surface area contributed by atoms with E-state index in [1.54, 1.807) is 0 Å². The van der Waals surface area contributed by atoms with E-state index in [1.165, 1.54) is 18.7 Å². The summed E-state index contributed by atoms with van der Waals surface area (Å²) in [7, 11) is 0. The van der Waals surface area contributed by atoms with Crippen LogP contribution in [-0.2, 0) is 14.3 Å². The van der Waals surface area contributed by atoms with E-state index in [1.807, 2.05) is 5.40 Å². The van der Waals surface area contributed by atoms with Crippen molar-refractivity contribution in [1.82, 2.24) is 0 Å². The summed E-state index contributed by atoms with van der Waals surface area (Å²) in [4.78, 5) is 10.6. The van der Waals surface area contributed by atoms with E-state index < -0.39 is 0 Å². The molecule has 0 radical (unpaired) electrons. The van der Waals surface area contributed by atoms with E-state index in [2.05, 4.69) is 0 Å². The summed E-state index contributed by atoms with van der Waals surface area (Å²) in [5.41, 5.74) is -0.119. The van der Waals surface area contributed by atoms with E-state index in [0.717, 1.165) is 0 Å². The van der Waals surface area contributed by atoms with Crippen molar-refractivity contribution in [2.75, 3.05) is 25.6 Å². The van der Waals surface area contributed by atoms with Gasteiger partial charge in [0.1, 0.15) is 12.0 Å². The predicted octanol–water partition coefficient (Wildman–Crippen LogP) is 0.780. The SMILES string of the molecule is CC(=O)OCC1(CSC#N)COC1. The molecule has 0 aromatic heterocycles. The molecule has 0 saturated carbocycles. The van der Waals surface area contributed by atoms with E-state index in [4.69, 9.17) is 14.7 Å². The summed E-state index contributed by atoms with van der Waals surface area (Å²) in [5, 5.41) is 10.4. The lowest BCUT2D eigenvalue weighted by Gasteiger charge is -2.39. The first-order valence-electron chi connectivity index (χ1n) is 3.90. The lowest BCUT2D eigenvalue weighted by atomic mass is 9.90. The monoisotopic (exact) mass is 201 g/mol. The van der Waals surface area contributed by atoms with Crippen LogP contribution in [0.15, 0.2) is 0 Å². The minimum Gasteiger partial charge on any atom is -0.465 e. The van der Waals surface area contributed by atoms with Gasteiger partial charge in [0, 0.05) is 12.7 Å². The average Bonchev–Trinajstić information content (AvgIpc) is 2.02. The molecule has 1 aliphatic heterocycles. The van der Waals surface area contributed by atoms with Crippen LogP contribution in [0.1, 0.15) is 6.92 Å². The first kappa shape index (κ1) is 10.4. The van der Waals surface area contributed by atoms with Crippen molar-refractivity contribution in [3.63, 3.8) is 0 Å². The number of carbonyl (C=O) groups excluding carboxylic acids is 1. The molecule has 0 unspecified atom stereocenters. The third kappa shape index (κ3) is 2.90. The van der Waals surface area contributed by atoms with Crippen molar-refractivity contribution >= 4 is 17.7 Å². The number of nitriles is 1. The molecule has 0 aliphatic carbocycles. The minimum atomic E-state index is -0.284. The fourth-order valence-corrected chi connectivity index (χ4v) is 1.66. The lowest BCUT2D eigenvalue weighted by molar-refractivity contribution is -0.161. The molecule has 1 heterocycles. The Morgan fingerprint density at radius 3 is 2.85 bits per heavy atom. The first-order chi connectivity index (χ1) is 6.18. The zero-order chi connectivity index (χ0) is 9.73. The van der Waals surface area contributed by atoms with Gasteiger partial charge in [-0.1, -0.05) is 0 Å². The number of nitrogens with zero attached hydrogens (tertiary/aromatic N) is 1. The number of hydrogen-bond donors (Lipinski definition) is 0. The van der Waals surface area contributed by atoms with Crippen molar-refractivity contribution in [3.8, 4) is 5.40 Å². The number of thioether (sulfide) groups is 1. The van der Waals surface area contributed by atoms with Crippen molar-refractivity contribution < 1.29 is 14.3 Å². The predicted molar refractivity (Wildman–Crippen MR) is 48.0 cm³/mol. The largest absolute Gasteiger partial charge is 0.465 e. The van der Waals surface area contributed by atoms with Gasteiger partial charge in [-0.25, -0.2) is 0 Å². The highest BCUT2D eigenvalue weighted by atomic mass is 32.2. The van der Waals surface area contributed by atoms with Crippen molar-refractivity contribution in [3.05, 3.63) is 0 Å². The molecular formula is C8H11NO3S. The lowest BCUT2D eigenvalue weighted by Crippen LogP contribution is -2.48. The average molecular weight is 201 g/mol.